The Hall–Kier alpha value is -3.57. The zero-order valence-corrected chi connectivity index (χ0v) is 17.6. The molecule has 4 rings (SSSR count). The van der Waals surface area contributed by atoms with E-state index < -0.39 is 0 Å². The van der Waals surface area contributed by atoms with E-state index in [0.717, 1.165) is 28.1 Å². The van der Waals surface area contributed by atoms with Gasteiger partial charge in [0.1, 0.15) is 5.02 Å². The standard InChI is InChI=1S/C24H22ClN5/c1-17-6-3-4-8-22(17)28-23-21(25)16-26-24(29-23)27-20-11-9-19(10-12-20)18-7-5-14-30(2)15-13-18/h3-16H,1-2H3,(H2,26,27,28,29). The SMILES string of the molecule is Cc1ccccc1Nc1nc(Nc2ccc(C3=CC=CN(C)C=C3)cc2)ncc1Cl. The van der Waals surface area contributed by atoms with Crippen LogP contribution in [0.3, 0.4) is 0 Å². The lowest BCUT2D eigenvalue weighted by molar-refractivity contribution is 0.627. The van der Waals surface area contributed by atoms with Crippen LogP contribution >= 0.6 is 11.6 Å². The van der Waals surface area contributed by atoms with E-state index in [1.54, 1.807) is 6.20 Å². The van der Waals surface area contributed by atoms with Crippen molar-refractivity contribution in [1.82, 2.24) is 14.9 Å². The van der Waals surface area contributed by atoms with Crippen LogP contribution in [0.2, 0.25) is 5.02 Å². The van der Waals surface area contributed by atoms with E-state index in [9.17, 15) is 0 Å². The van der Waals surface area contributed by atoms with Gasteiger partial charge < -0.3 is 15.5 Å². The van der Waals surface area contributed by atoms with Gasteiger partial charge in [0.2, 0.25) is 5.95 Å². The molecule has 0 amide bonds. The molecule has 1 aromatic heterocycles. The number of halogens is 1. The Morgan fingerprint density at radius 3 is 2.57 bits per heavy atom. The van der Waals surface area contributed by atoms with Crippen molar-refractivity contribution >= 4 is 40.3 Å². The maximum absolute atomic E-state index is 6.29. The average Bonchev–Trinajstić information content (AvgIpc) is 2.97. The van der Waals surface area contributed by atoms with Gasteiger partial charge in [-0.1, -0.05) is 48.0 Å². The van der Waals surface area contributed by atoms with Gasteiger partial charge in [-0.15, -0.1) is 0 Å². The minimum absolute atomic E-state index is 0.462. The van der Waals surface area contributed by atoms with Crippen LogP contribution in [-0.4, -0.2) is 21.9 Å². The summed E-state index contributed by atoms with van der Waals surface area (Å²) >= 11 is 6.29. The summed E-state index contributed by atoms with van der Waals surface area (Å²) in [6, 6.07) is 16.1. The summed E-state index contributed by atoms with van der Waals surface area (Å²) in [5.41, 5.74) is 5.25. The first-order valence-electron chi connectivity index (χ1n) is 9.60. The van der Waals surface area contributed by atoms with Crippen LogP contribution in [0.5, 0.6) is 0 Å². The number of aromatic nitrogens is 2. The minimum atomic E-state index is 0.462. The van der Waals surface area contributed by atoms with Crippen molar-refractivity contribution in [2.45, 2.75) is 6.92 Å². The van der Waals surface area contributed by atoms with Crippen molar-refractivity contribution in [3.05, 3.63) is 102 Å². The number of allylic oxidation sites excluding steroid dienone is 4. The first kappa shape index (κ1) is 19.7. The van der Waals surface area contributed by atoms with E-state index in [4.69, 9.17) is 11.6 Å². The van der Waals surface area contributed by atoms with Gasteiger partial charge in [0.05, 0.1) is 6.20 Å². The van der Waals surface area contributed by atoms with Crippen LogP contribution in [0.4, 0.5) is 23.1 Å². The summed E-state index contributed by atoms with van der Waals surface area (Å²) in [6.07, 6.45) is 11.9. The van der Waals surface area contributed by atoms with E-state index >= 15 is 0 Å². The van der Waals surface area contributed by atoms with Crippen molar-refractivity contribution < 1.29 is 0 Å². The number of para-hydroxylation sites is 1. The number of rotatable bonds is 5. The number of nitrogens with one attached hydrogen (secondary N) is 2. The van der Waals surface area contributed by atoms with Gasteiger partial charge >= 0.3 is 0 Å². The first-order chi connectivity index (χ1) is 14.6. The van der Waals surface area contributed by atoms with Crippen LogP contribution in [0.25, 0.3) is 5.57 Å². The van der Waals surface area contributed by atoms with Crippen molar-refractivity contribution in [3.8, 4) is 0 Å². The molecule has 0 bridgehead atoms. The molecule has 5 nitrogen and oxygen atoms in total. The van der Waals surface area contributed by atoms with Crippen LogP contribution in [0.1, 0.15) is 11.1 Å². The predicted molar refractivity (Wildman–Crippen MR) is 125 cm³/mol. The van der Waals surface area contributed by atoms with Crippen molar-refractivity contribution in [3.63, 3.8) is 0 Å². The highest BCUT2D eigenvalue weighted by Gasteiger charge is 2.08. The molecular formula is C24H22ClN5. The number of hydrogen-bond donors (Lipinski definition) is 2. The second kappa shape index (κ2) is 8.84. The molecule has 0 aliphatic carbocycles. The average molecular weight is 416 g/mol. The van der Waals surface area contributed by atoms with E-state index in [1.165, 1.54) is 0 Å². The molecule has 30 heavy (non-hydrogen) atoms. The maximum Gasteiger partial charge on any atom is 0.229 e. The molecule has 150 valence electrons. The Balaban J connectivity index is 1.51. The molecule has 3 aromatic rings. The van der Waals surface area contributed by atoms with Crippen LogP contribution < -0.4 is 10.6 Å². The molecule has 2 N–H and O–H groups in total. The highest BCUT2D eigenvalue weighted by Crippen LogP contribution is 2.27. The highest BCUT2D eigenvalue weighted by atomic mass is 35.5. The van der Waals surface area contributed by atoms with Gasteiger partial charge in [-0.3, -0.25) is 0 Å². The van der Waals surface area contributed by atoms with Crippen molar-refractivity contribution in [2.24, 2.45) is 0 Å². The molecular weight excluding hydrogens is 394 g/mol. The zero-order valence-electron chi connectivity index (χ0n) is 16.8. The normalized spacial score (nSPS) is 13.0. The van der Waals surface area contributed by atoms with Gasteiger partial charge in [-0.2, -0.15) is 4.98 Å². The summed E-state index contributed by atoms with van der Waals surface area (Å²) in [4.78, 5) is 10.8. The van der Waals surface area contributed by atoms with E-state index in [2.05, 4.69) is 44.9 Å². The van der Waals surface area contributed by atoms with Gasteiger partial charge in [-0.05, 0) is 54.0 Å². The molecule has 0 spiro atoms. The van der Waals surface area contributed by atoms with Gasteiger partial charge in [0.15, 0.2) is 5.82 Å². The minimum Gasteiger partial charge on any atom is -0.357 e. The molecule has 0 fully saturated rings. The third-order valence-corrected chi connectivity index (χ3v) is 4.98. The Morgan fingerprint density at radius 2 is 1.77 bits per heavy atom. The number of nitrogens with zero attached hydrogens (tertiary/aromatic N) is 3. The molecule has 0 atom stereocenters. The smallest absolute Gasteiger partial charge is 0.229 e. The fraction of sp³-hybridized carbons (Fsp3) is 0.0833. The quantitative estimate of drug-likeness (QED) is 0.513. The lowest BCUT2D eigenvalue weighted by atomic mass is 10.1. The summed E-state index contributed by atoms with van der Waals surface area (Å²) in [5.74, 6) is 1.03. The van der Waals surface area contributed by atoms with Crippen LogP contribution in [-0.2, 0) is 0 Å². The number of benzene rings is 2. The summed E-state index contributed by atoms with van der Waals surface area (Å²) < 4.78 is 0. The fourth-order valence-electron chi connectivity index (χ4n) is 3.01. The van der Waals surface area contributed by atoms with E-state index in [-0.39, 0.29) is 0 Å². The summed E-state index contributed by atoms with van der Waals surface area (Å²) in [6.45, 7) is 2.03. The number of anilines is 4. The molecule has 0 saturated heterocycles. The molecule has 0 saturated carbocycles. The molecule has 2 aromatic carbocycles. The van der Waals surface area contributed by atoms with E-state index in [0.29, 0.717) is 16.8 Å². The van der Waals surface area contributed by atoms with Crippen molar-refractivity contribution in [1.29, 1.82) is 0 Å². The summed E-state index contributed by atoms with van der Waals surface area (Å²) in [7, 11) is 2.01. The third kappa shape index (κ3) is 4.70. The third-order valence-electron chi connectivity index (χ3n) is 4.70. The maximum atomic E-state index is 6.29. The Labute approximate surface area is 181 Å². The van der Waals surface area contributed by atoms with Gasteiger partial charge in [0, 0.05) is 30.8 Å². The predicted octanol–water partition coefficient (Wildman–Crippen LogP) is 6.28. The van der Waals surface area contributed by atoms with Crippen molar-refractivity contribution in [2.75, 3.05) is 17.7 Å². The molecule has 2 heterocycles. The lowest BCUT2D eigenvalue weighted by Crippen LogP contribution is -2.02. The van der Waals surface area contributed by atoms with Gasteiger partial charge in [0.25, 0.3) is 0 Å². The fourth-order valence-corrected chi connectivity index (χ4v) is 3.15. The molecule has 6 heteroatoms. The Morgan fingerprint density at radius 1 is 0.967 bits per heavy atom. The Kier molecular flexibility index (Phi) is 5.82. The molecule has 0 radical (unpaired) electrons. The molecule has 1 aliphatic rings. The Bertz CT molecular complexity index is 1130. The topological polar surface area (TPSA) is 53.1 Å². The molecule has 0 unspecified atom stereocenters. The lowest BCUT2D eigenvalue weighted by Gasteiger charge is -2.12. The first-order valence-corrected chi connectivity index (χ1v) is 9.97. The second-order valence-corrected chi connectivity index (χ2v) is 7.38. The number of aryl methyl sites for hydroxylation is 1. The highest BCUT2D eigenvalue weighted by molar-refractivity contribution is 6.32. The molecule has 1 aliphatic heterocycles. The van der Waals surface area contributed by atoms with Gasteiger partial charge in [-0.25, -0.2) is 4.98 Å². The number of hydrogen-bond acceptors (Lipinski definition) is 5. The largest absolute Gasteiger partial charge is 0.357 e. The van der Waals surface area contributed by atoms with Crippen LogP contribution in [0.15, 0.2) is 85.4 Å². The van der Waals surface area contributed by atoms with Crippen LogP contribution in [0, 0.1) is 6.92 Å². The van der Waals surface area contributed by atoms with E-state index in [1.807, 2.05) is 73.7 Å². The monoisotopic (exact) mass is 415 g/mol. The second-order valence-electron chi connectivity index (χ2n) is 6.98. The summed E-state index contributed by atoms with van der Waals surface area (Å²) in [5, 5.41) is 6.98. The zero-order chi connectivity index (χ0) is 20.9.